The third-order valence-electron chi connectivity index (χ3n) is 6.13. The number of benzene rings is 4. The number of hydrogen-bond donors (Lipinski definition) is 2. The van der Waals surface area contributed by atoms with Gasteiger partial charge in [-0.1, -0.05) is 47.5 Å². The molecule has 0 radical (unpaired) electrons. The van der Waals surface area contributed by atoms with Crippen molar-refractivity contribution < 1.29 is 28.5 Å². The quantitative estimate of drug-likeness (QED) is 0.197. The van der Waals surface area contributed by atoms with E-state index >= 15 is 8.78 Å². The van der Waals surface area contributed by atoms with Gasteiger partial charge in [-0.15, -0.1) is 0 Å². The summed E-state index contributed by atoms with van der Waals surface area (Å²) in [4.78, 5) is 9.13. The Hall–Kier alpha value is -4.14. The Bertz CT molecular complexity index is 1460. The molecular weight excluding hydrogens is 561 g/mol. The topological polar surface area (TPSA) is 83.6 Å². The van der Waals surface area contributed by atoms with Crippen LogP contribution in [0.15, 0.2) is 82.8 Å². The minimum absolute atomic E-state index is 0.0814. The van der Waals surface area contributed by atoms with Crippen LogP contribution in [0.2, 0.25) is 10.0 Å². The molecular formula is C30H24Cl2F2N2O4. The predicted octanol–water partition coefficient (Wildman–Crippen LogP) is 7.72. The summed E-state index contributed by atoms with van der Waals surface area (Å²) in [6, 6.07) is 15.1. The van der Waals surface area contributed by atoms with Gasteiger partial charge in [-0.3, -0.25) is 9.98 Å². The Balaban J connectivity index is 2.03. The van der Waals surface area contributed by atoms with Crippen molar-refractivity contribution in [3.05, 3.63) is 117 Å². The average molecular weight is 585 g/mol. The van der Waals surface area contributed by atoms with Crippen LogP contribution >= 0.6 is 23.2 Å². The third kappa shape index (κ3) is 6.03. The van der Waals surface area contributed by atoms with E-state index < -0.39 is 23.7 Å². The molecule has 0 aliphatic heterocycles. The van der Waals surface area contributed by atoms with Gasteiger partial charge in [-0.25, -0.2) is 8.78 Å². The summed E-state index contributed by atoms with van der Waals surface area (Å²) in [7, 11) is 2.74. The summed E-state index contributed by atoms with van der Waals surface area (Å²) in [6.07, 6.45) is 2.62. The molecule has 4 rings (SSSR count). The number of aliphatic imine (C=N–C) groups is 2. The van der Waals surface area contributed by atoms with Crippen molar-refractivity contribution in [3.63, 3.8) is 0 Å². The van der Waals surface area contributed by atoms with E-state index in [1.165, 1.54) is 50.9 Å². The first-order valence-electron chi connectivity index (χ1n) is 11.9. The summed E-state index contributed by atoms with van der Waals surface area (Å²) in [5.41, 5.74) is 0.330. The van der Waals surface area contributed by atoms with Gasteiger partial charge in [0.2, 0.25) is 0 Å². The number of para-hydroxylation sites is 2. The molecule has 0 fully saturated rings. The van der Waals surface area contributed by atoms with Gasteiger partial charge in [0, 0.05) is 34.7 Å². The van der Waals surface area contributed by atoms with Crippen LogP contribution in [0.5, 0.6) is 23.0 Å². The Kier molecular flexibility index (Phi) is 9.24. The Labute approximate surface area is 239 Å². The van der Waals surface area contributed by atoms with E-state index in [4.69, 9.17) is 32.7 Å². The van der Waals surface area contributed by atoms with Crippen LogP contribution in [0.1, 0.15) is 34.3 Å². The van der Waals surface area contributed by atoms with E-state index in [1.54, 1.807) is 36.4 Å². The molecule has 0 spiro atoms. The SMILES string of the molecule is COc1ccc(F)c([C@@H](N=Cc2ccccc2O)[C@@H](N=Cc2ccccc2O)c2c(F)ccc(OC)c2Cl)c1Cl. The van der Waals surface area contributed by atoms with Gasteiger partial charge in [0.25, 0.3) is 0 Å². The molecule has 4 aromatic rings. The van der Waals surface area contributed by atoms with Gasteiger partial charge in [-0.05, 0) is 48.5 Å². The number of nitrogens with zero attached hydrogens (tertiary/aromatic N) is 2. The molecule has 206 valence electrons. The smallest absolute Gasteiger partial charge is 0.138 e. The van der Waals surface area contributed by atoms with E-state index in [1.807, 2.05) is 0 Å². The van der Waals surface area contributed by atoms with Crippen molar-refractivity contribution in [2.45, 2.75) is 12.1 Å². The zero-order valence-electron chi connectivity index (χ0n) is 21.4. The van der Waals surface area contributed by atoms with E-state index in [2.05, 4.69) is 9.98 Å². The minimum Gasteiger partial charge on any atom is -0.507 e. The van der Waals surface area contributed by atoms with Crippen LogP contribution < -0.4 is 9.47 Å². The molecule has 6 nitrogen and oxygen atoms in total. The molecule has 0 bridgehead atoms. The van der Waals surface area contributed by atoms with Crippen LogP contribution in [0.3, 0.4) is 0 Å². The Morgan fingerprint density at radius 1 is 0.650 bits per heavy atom. The second-order valence-corrected chi connectivity index (χ2v) is 9.27. The largest absolute Gasteiger partial charge is 0.507 e. The predicted molar refractivity (Wildman–Crippen MR) is 153 cm³/mol. The molecule has 0 unspecified atom stereocenters. The van der Waals surface area contributed by atoms with Crippen LogP contribution in [0.25, 0.3) is 0 Å². The Morgan fingerprint density at radius 3 is 1.38 bits per heavy atom. The van der Waals surface area contributed by atoms with Crippen molar-refractivity contribution in [3.8, 4) is 23.0 Å². The number of aromatic hydroxyl groups is 2. The summed E-state index contributed by atoms with van der Waals surface area (Å²) in [6.45, 7) is 0. The maximum Gasteiger partial charge on any atom is 0.138 e. The number of hydrogen-bond acceptors (Lipinski definition) is 6. The summed E-state index contributed by atoms with van der Waals surface area (Å²) < 4.78 is 41.7. The molecule has 0 saturated carbocycles. The Morgan fingerprint density at radius 2 is 1.02 bits per heavy atom. The first-order chi connectivity index (χ1) is 19.3. The van der Waals surface area contributed by atoms with Crippen LogP contribution in [-0.2, 0) is 0 Å². The molecule has 2 atom stereocenters. The number of methoxy groups -OCH3 is 2. The van der Waals surface area contributed by atoms with Gasteiger partial charge >= 0.3 is 0 Å². The van der Waals surface area contributed by atoms with Crippen molar-refractivity contribution in [2.75, 3.05) is 14.2 Å². The molecule has 0 saturated heterocycles. The van der Waals surface area contributed by atoms with Gasteiger partial charge in [0.15, 0.2) is 0 Å². The lowest BCUT2D eigenvalue weighted by Gasteiger charge is -2.25. The maximum absolute atomic E-state index is 15.6. The molecule has 0 heterocycles. The number of ether oxygens (including phenoxy) is 2. The molecule has 0 aromatic heterocycles. The summed E-state index contributed by atoms with van der Waals surface area (Å²) in [5, 5.41) is 20.4. The van der Waals surface area contributed by atoms with E-state index in [0.717, 1.165) is 12.1 Å². The third-order valence-corrected chi connectivity index (χ3v) is 6.91. The number of phenolic OH excluding ortho intramolecular Hbond substituents is 2. The monoisotopic (exact) mass is 584 g/mol. The highest BCUT2D eigenvalue weighted by Crippen LogP contribution is 2.47. The molecule has 10 heteroatoms. The fourth-order valence-electron chi connectivity index (χ4n) is 4.10. The highest BCUT2D eigenvalue weighted by molar-refractivity contribution is 6.33. The lowest BCUT2D eigenvalue weighted by atomic mass is 9.92. The molecule has 4 aromatic carbocycles. The second-order valence-electron chi connectivity index (χ2n) is 8.52. The van der Waals surface area contributed by atoms with Crippen LogP contribution in [0, 0.1) is 11.6 Å². The first kappa shape index (κ1) is 28.9. The molecule has 40 heavy (non-hydrogen) atoms. The lowest BCUT2D eigenvalue weighted by molar-refractivity contribution is 0.408. The number of halogens is 4. The van der Waals surface area contributed by atoms with E-state index in [9.17, 15) is 10.2 Å². The van der Waals surface area contributed by atoms with E-state index in [-0.39, 0.29) is 44.2 Å². The summed E-state index contributed by atoms with van der Waals surface area (Å²) >= 11 is 13.2. The van der Waals surface area contributed by atoms with Crippen molar-refractivity contribution >= 4 is 35.6 Å². The highest BCUT2D eigenvalue weighted by atomic mass is 35.5. The fraction of sp³-hybridized carbons (Fsp3) is 0.133. The van der Waals surface area contributed by atoms with Gasteiger partial charge in [0.05, 0.1) is 24.3 Å². The molecule has 2 N–H and O–H groups in total. The zero-order chi connectivity index (χ0) is 28.8. The molecule has 0 aliphatic rings. The lowest BCUT2D eigenvalue weighted by Crippen LogP contribution is -2.14. The van der Waals surface area contributed by atoms with E-state index in [0.29, 0.717) is 11.1 Å². The first-order valence-corrected chi connectivity index (χ1v) is 12.7. The fourth-order valence-corrected chi connectivity index (χ4v) is 4.78. The minimum atomic E-state index is -1.33. The van der Waals surface area contributed by atoms with Crippen LogP contribution in [-0.4, -0.2) is 36.9 Å². The zero-order valence-corrected chi connectivity index (χ0v) is 22.9. The highest BCUT2D eigenvalue weighted by Gasteiger charge is 2.34. The normalized spacial score (nSPS) is 13.1. The molecule has 0 aliphatic carbocycles. The van der Waals surface area contributed by atoms with Crippen molar-refractivity contribution in [1.82, 2.24) is 0 Å². The standard InChI is InChI=1S/C30H24Cl2F2N2O4/c1-39-23-13-11-19(33)25(27(23)31)29(35-15-17-7-3-5-9-21(17)37)30(36-16-18-8-4-6-10-22(18)38)26-20(34)12-14-24(40-2)28(26)32/h3-16,29-30,37-38H,1-2H3/t29-,30+. The molecule has 0 amide bonds. The average Bonchev–Trinajstić information content (AvgIpc) is 2.94. The second kappa shape index (κ2) is 12.8. The number of rotatable bonds is 9. The number of phenols is 2. The van der Waals surface area contributed by atoms with Gasteiger partial charge in [0.1, 0.15) is 46.7 Å². The van der Waals surface area contributed by atoms with Crippen LogP contribution in [0.4, 0.5) is 8.78 Å². The van der Waals surface area contributed by atoms with Crippen molar-refractivity contribution in [2.24, 2.45) is 9.98 Å². The van der Waals surface area contributed by atoms with Crippen molar-refractivity contribution in [1.29, 1.82) is 0 Å². The van der Waals surface area contributed by atoms with Gasteiger partial charge in [-0.2, -0.15) is 0 Å². The summed E-state index contributed by atoms with van der Waals surface area (Å²) in [5.74, 6) is -1.37. The maximum atomic E-state index is 15.6. The van der Waals surface area contributed by atoms with Gasteiger partial charge < -0.3 is 19.7 Å².